The van der Waals surface area contributed by atoms with E-state index in [-0.39, 0.29) is 12.8 Å². The Morgan fingerprint density at radius 1 is 0.441 bits per heavy atom. The Balaban J connectivity index is 2.34. The number of esters is 2. The second kappa shape index (κ2) is 44.3. The number of phosphoric acid groups is 1. The number of hydrogen-bond donors (Lipinski definition) is 6. The van der Waals surface area contributed by atoms with Gasteiger partial charge in [-0.3, -0.25) is 18.6 Å². The molecule has 6 N–H and O–H groups in total. The average Bonchev–Trinajstić information content (AvgIpc) is 3.32. The SMILES string of the molecule is CCCCCCCCC/C=C\CCCCCCCCCC(=O)OC(COC(=O)CCCCCCCCCCCCCCCCCCCCCCC)COP(=O)(O)OC1C(O)C(O)C(O)C(O)C1O. The molecule has 0 bridgehead atoms. The van der Waals surface area contributed by atoms with E-state index < -0.39 is 75.7 Å². The molecule has 1 rings (SSSR count). The molecule has 13 nitrogen and oxygen atoms in total. The molecule has 6 unspecified atom stereocenters. The van der Waals surface area contributed by atoms with Crippen LogP contribution in [0, 0.1) is 0 Å². The van der Waals surface area contributed by atoms with Crippen LogP contribution in [0.3, 0.4) is 0 Å². The third-order valence-corrected chi connectivity index (χ3v) is 14.3. The smallest absolute Gasteiger partial charge is 0.462 e. The predicted molar refractivity (Wildman–Crippen MR) is 272 cm³/mol. The molecule has 0 spiro atoms. The number of rotatable bonds is 48. The molecule has 68 heavy (non-hydrogen) atoms. The van der Waals surface area contributed by atoms with Crippen LogP contribution < -0.4 is 0 Å². The summed E-state index contributed by atoms with van der Waals surface area (Å²) in [4.78, 5) is 35.9. The molecule has 1 aliphatic rings. The summed E-state index contributed by atoms with van der Waals surface area (Å²) in [5.41, 5.74) is 0. The Kier molecular flexibility index (Phi) is 42.1. The lowest BCUT2D eigenvalue weighted by Gasteiger charge is -2.41. The third kappa shape index (κ3) is 35.7. The standard InChI is InChI=1S/C54H103O13P/c1-3-5-7-9-11-13-15-17-19-21-23-24-25-27-28-30-32-34-36-38-40-42-47(55)64-44-46(45-65-68(62,63)67-54-52(60)50(58)49(57)51(59)53(54)61)66-48(56)43-41-39-37-35-33-31-29-26-22-20-18-16-14-12-10-8-6-4-2/h20,22,46,49-54,57-61H,3-19,21,23-45H2,1-2H3,(H,62,63)/b22-20-. The van der Waals surface area contributed by atoms with E-state index in [1.807, 2.05) is 0 Å². The van der Waals surface area contributed by atoms with Gasteiger partial charge in [0.1, 0.15) is 43.2 Å². The van der Waals surface area contributed by atoms with Crippen molar-refractivity contribution in [1.29, 1.82) is 0 Å². The van der Waals surface area contributed by atoms with Gasteiger partial charge in [0.2, 0.25) is 0 Å². The first-order valence-corrected chi connectivity index (χ1v) is 29.5. The molecule has 14 heteroatoms. The van der Waals surface area contributed by atoms with Crippen LogP contribution in [0.4, 0.5) is 0 Å². The van der Waals surface area contributed by atoms with Gasteiger partial charge in [0.05, 0.1) is 6.61 Å². The number of carbonyl (C=O) groups excluding carboxylic acids is 2. The van der Waals surface area contributed by atoms with Crippen LogP contribution in [0.15, 0.2) is 12.2 Å². The summed E-state index contributed by atoms with van der Waals surface area (Å²) >= 11 is 0. The fourth-order valence-electron chi connectivity index (χ4n) is 8.87. The molecular formula is C54H103O13P. The lowest BCUT2D eigenvalue weighted by atomic mass is 9.85. The predicted octanol–water partition coefficient (Wildman–Crippen LogP) is 12.6. The second-order valence-corrected chi connectivity index (χ2v) is 21.2. The van der Waals surface area contributed by atoms with Crippen molar-refractivity contribution in [1.82, 2.24) is 0 Å². The Bertz CT molecular complexity index is 1240. The maximum absolute atomic E-state index is 12.9. The fraction of sp³-hybridized carbons (Fsp3) is 0.926. The summed E-state index contributed by atoms with van der Waals surface area (Å²) in [6.45, 7) is 3.35. The van der Waals surface area contributed by atoms with Gasteiger partial charge in [-0.2, -0.15) is 0 Å². The van der Waals surface area contributed by atoms with E-state index >= 15 is 0 Å². The van der Waals surface area contributed by atoms with Gasteiger partial charge in [0.25, 0.3) is 0 Å². The molecule has 0 aromatic rings. The molecule has 0 aromatic carbocycles. The molecule has 1 aliphatic carbocycles. The zero-order chi connectivity index (χ0) is 49.9. The van der Waals surface area contributed by atoms with Gasteiger partial charge in [-0.15, -0.1) is 0 Å². The monoisotopic (exact) mass is 991 g/mol. The first-order chi connectivity index (χ1) is 32.9. The molecule has 0 radical (unpaired) electrons. The molecule has 0 heterocycles. The van der Waals surface area contributed by atoms with Crippen LogP contribution in [0.1, 0.15) is 264 Å². The highest BCUT2D eigenvalue weighted by Gasteiger charge is 2.51. The zero-order valence-corrected chi connectivity index (χ0v) is 44.1. The molecule has 1 fully saturated rings. The van der Waals surface area contributed by atoms with E-state index in [1.165, 1.54) is 173 Å². The topological polar surface area (TPSA) is 210 Å². The first-order valence-electron chi connectivity index (χ1n) is 28.0. The lowest BCUT2D eigenvalue weighted by molar-refractivity contribution is -0.220. The van der Waals surface area contributed by atoms with Crippen molar-refractivity contribution in [3.63, 3.8) is 0 Å². The highest BCUT2D eigenvalue weighted by atomic mass is 31.2. The number of unbranched alkanes of at least 4 members (excludes halogenated alkanes) is 34. The molecule has 1 saturated carbocycles. The van der Waals surface area contributed by atoms with Gasteiger partial charge in [0, 0.05) is 12.8 Å². The van der Waals surface area contributed by atoms with Gasteiger partial charge in [-0.1, -0.05) is 225 Å². The van der Waals surface area contributed by atoms with Crippen LogP contribution >= 0.6 is 7.82 Å². The minimum Gasteiger partial charge on any atom is -0.462 e. The number of ether oxygens (including phenoxy) is 2. The first kappa shape index (κ1) is 64.6. The van der Waals surface area contributed by atoms with E-state index in [0.717, 1.165) is 51.4 Å². The van der Waals surface area contributed by atoms with Crippen molar-refractivity contribution in [3.05, 3.63) is 12.2 Å². The number of hydrogen-bond acceptors (Lipinski definition) is 12. The number of carbonyl (C=O) groups is 2. The minimum atomic E-state index is -5.12. The van der Waals surface area contributed by atoms with Gasteiger partial charge < -0.3 is 39.9 Å². The quantitative estimate of drug-likeness (QED) is 0.0145. The van der Waals surface area contributed by atoms with Crippen molar-refractivity contribution in [3.8, 4) is 0 Å². The van der Waals surface area contributed by atoms with Crippen LogP contribution in [-0.4, -0.2) is 98.3 Å². The highest BCUT2D eigenvalue weighted by Crippen LogP contribution is 2.47. The summed E-state index contributed by atoms with van der Waals surface area (Å²) in [6.07, 6.45) is 36.9. The van der Waals surface area contributed by atoms with Crippen molar-refractivity contribution < 1.29 is 63.1 Å². The highest BCUT2D eigenvalue weighted by molar-refractivity contribution is 7.47. The zero-order valence-electron chi connectivity index (χ0n) is 43.2. The van der Waals surface area contributed by atoms with Gasteiger partial charge in [0.15, 0.2) is 6.10 Å². The van der Waals surface area contributed by atoms with E-state index in [4.69, 9.17) is 18.5 Å². The number of phosphoric ester groups is 1. The van der Waals surface area contributed by atoms with Gasteiger partial charge in [-0.25, -0.2) is 4.57 Å². The Morgan fingerprint density at radius 3 is 1.12 bits per heavy atom. The number of allylic oxidation sites excluding steroid dienone is 2. The Hall–Kier alpha value is -1.41. The van der Waals surface area contributed by atoms with Crippen LogP contribution in [-0.2, 0) is 32.7 Å². The molecule has 0 aliphatic heterocycles. The largest absolute Gasteiger partial charge is 0.472 e. The fourth-order valence-corrected chi connectivity index (χ4v) is 9.85. The van der Waals surface area contributed by atoms with Crippen LogP contribution in [0.5, 0.6) is 0 Å². The number of aliphatic hydroxyl groups is 5. The van der Waals surface area contributed by atoms with E-state index in [1.54, 1.807) is 0 Å². The summed E-state index contributed by atoms with van der Waals surface area (Å²) < 4.78 is 33.7. The maximum Gasteiger partial charge on any atom is 0.472 e. The minimum absolute atomic E-state index is 0.0965. The van der Waals surface area contributed by atoms with Crippen molar-refractivity contribution in [2.24, 2.45) is 0 Å². The van der Waals surface area contributed by atoms with Crippen LogP contribution in [0.2, 0.25) is 0 Å². The Labute approximate surface area is 413 Å². The molecule has 0 saturated heterocycles. The second-order valence-electron chi connectivity index (χ2n) is 19.8. The van der Waals surface area contributed by atoms with Crippen molar-refractivity contribution >= 4 is 19.8 Å². The maximum atomic E-state index is 12.9. The number of aliphatic hydroxyl groups excluding tert-OH is 5. The molecule has 0 amide bonds. The van der Waals surface area contributed by atoms with E-state index in [0.29, 0.717) is 12.8 Å². The molecule has 402 valence electrons. The van der Waals surface area contributed by atoms with Crippen LogP contribution in [0.25, 0.3) is 0 Å². The molecular weight excluding hydrogens is 888 g/mol. The van der Waals surface area contributed by atoms with Crippen molar-refractivity contribution in [2.75, 3.05) is 13.2 Å². The van der Waals surface area contributed by atoms with Gasteiger partial charge in [-0.05, 0) is 38.5 Å². The lowest BCUT2D eigenvalue weighted by Crippen LogP contribution is -2.64. The normalized spacial score (nSPS) is 21.0. The average molecular weight is 991 g/mol. The van der Waals surface area contributed by atoms with Crippen molar-refractivity contribution in [2.45, 2.75) is 307 Å². The summed E-state index contributed by atoms with van der Waals surface area (Å²) in [7, 11) is -5.12. The summed E-state index contributed by atoms with van der Waals surface area (Å²) in [5, 5.41) is 50.3. The van der Waals surface area contributed by atoms with Gasteiger partial charge >= 0.3 is 19.8 Å². The summed E-state index contributed by atoms with van der Waals surface area (Å²) in [6, 6.07) is 0. The Morgan fingerprint density at radius 2 is 0.750 bits per heavy atom. The summed E-state index contributed by atoms with van der Waals surface area (Å²) in [5.74, 6) is -1.09. The van der Waals surface area contributed by atoms with E-state index in [9.17, 15) is 44.6 Å². The van der Waals surface area contributed by atoms with E-state index in [2.05, 4.69) is 26.0 Å². The molecule has 0 aromatic heterocycles. The third-order valence-electron chi connectivity index (χ3n) is 13.4. The molecule has 6 atom stereocenters.